The Bertz CT molecular complexity index is 514. The van der Waals surface area contributed by atoms with Crippen molar-refractivity contribution in [1.29, 1.82) is 0 Å². The highest BCUT2D eigenvalue weighted by molar-refractivity contribution is 9.09. The first kappa shape index (κ1) is 13.4. The topological polar surface area (TPSA) is 60.2 Å². The van der Waals surface area contributed by atoms with Crippen molar-refractivity contribution in [3.05, 3.63) is 39.4 Å². The second-order valence-electron chi connectivity index (χ2n) is 3.29. The molecule has 0 heterocycles. The van der Waals surface area contributed by atoms with Crippen molar-refractivity contribution in [2.24, 2.45) is 0 Å². The first-order valence-electron chi connectivity index (χ1n) is 4.90. The smallest absolute Gasteiger partial charge is 0.285 e. The van der Waals surface area contributed by atoms with E-state index in [1.165, 1.54) is 19.1 Å². The average molecular weight is 296 g/mol. The number of hydrogen-bond acceptors (Lipinski definition) is 3. The molecule has 88 valence electrons. The van der Waals surface area contributed by atoms with E-state index in [0.717, 1.165) is 5.33 Å². The molecule has 0 N–H and O–H groups in total. The Kier molecular flexibility index (Phi) is 4.85. The molecule has 0 atom stereocenters. The van der Waals surface area contributed by atoms with Gasteiger partial charge in [0.25, 0.3) is 5.69 Å². The minimum absolute atomic E-state index is 0.125. The van der Waals surface area contributed by atoms with Gasteiger partial charge in [-0.15, -0.1) is 0 Å². The van der Waals surface area contributed by atoms with Gasteiger partial charge in [0.15, 0.2) is 5.78 Å². The fourth-order valence-electron chi connectivity index (χ4n) is 1.21. The van der Waals surface area contributed by atoms with Gasteiger partial charge in [-0.3, -0.25) is 14.9 Å². The number of nitro groups is 1. The van der Waals surface area contributed by atoms with E-state index in [2.05, 4.69) is 27.8 Å². The highest BCUT2D eigenvalue weighted by atomic mass is 79.9. The van der Waals surface area contributed by atoms with E-state index < -0.39 is 4.92 Å². The summed E-state index contributed by atoms with van der Waals surface area (Å²) in [5.74, 6) is 5.34. The van der Waals surface area contributed by atoms with E-state index >= 15 is 0 Å². The quantitative estimate of drug-likeness (QED) is 0.283. The van der Waals surface area contributed by atoms with Crippen LogP contribution in [0.1, 0.15) is 29.3 Å². The van der Waals surface area contributed by atoms with Crippen molar-refractivity contribution in [2.45, 2.75) is 13.3 Å². The first-order valence-corrected chi connectivity index (χ1v) is 6.02. The number of Topliss-reactive ketones (excluding diaryl/α,β-unsaturated/α-hetero) is 1. The summed E-state index contributed by atoms with van der Waals surface area (Å²) in [4.78, 5) is 21.5. The zero-order chi connectivity index (χ0) is 12.8. The molecule has 0 spiro atoms. The van der Waals surface area contributed by atoms with Crippen molar-refractivity contribution < 1.29 is 9.72 Å². The lowest BCUT2D eigenvalue weighted by atomic mass is 10.1. The normalized spacial score (nSPS) is 9.29. The molecule has 0 bridgehead atoms. The maximum atomic E-state index is 11.1. The number of hydrogen-bond donors (Lipinski definition) is 0. The molecule has 0 unspecified atom stereocenters. The van der Waals surface area contributed by atoms with Crippen molar-refractivity contribution in [3.8, 4) is 11.8 Å². The minimum atomic E-state index is -0.523. The summed E-state index contributed by atoms with van der Waals surface area (Å²) in [6.07, 6.45) is 0.617. The van der Waals surface area contributed by atoms with Crippen molar-refractivity contribution in [2.75, 3.05) is 5.33 Å². The lowest BCUT2D eigenvalue weighted by Gasteiger charge is -1.98. The molecule has 0 aliphatic rings. The van der Waals surface area contributed by atoms with Crippen LogP contribution in [0.2, 0.25) is 0 Å². The Morgan fingerprint density at radius 1 is 1.53 bits per heavy atom. The van der Waals surface area contributed by atoms with Crippen LogP contribution in [0.3, 0.4) is 0 Å². The van der Waals surface area contributed by atoms with Gasteiger partial charge in [0.2, 0.25) is 0 Å². The van der Waals surface area contributed by atoms with E-state index in [-0.39, 0.29) is 11.5 Å². The van der Waals surface area contributed by atoms with E-state index in [1.54, 1.807) is 6.07 Å². The molecule has 0 saturated carbocycles. The van der Waals surface area contributed by atoms with Gasteiger partial charge in [0, 0.05) is 23.4 Å². The van der Waals surface area contributed by atoms with Crippen molar-refractivity contribution >= 4 is 27.4 Å². The maximum absolute atomic E-state index is 11.1. The minimum Gasteiger partial charge on any atom is -0.295 e. The third kappa shape index (κ3) is 3.68. The number of nitrogens with zero attached hydrogens (tertiary/aromatic N) is 1. The van der Waals surface area contributed by atoms with Gasteiger partial charge in [-0.25, -0.2) is 0 Å². The van der Waals surface area contributed by atoms with Crippen LogP contribution >= 0.6 is 15.9 Å². The number of nitro benzene ring substituents is 1. The largest absolute Gasteiger partial charge is 0.295 e. The summed E-state index contributed by atoms with van der Waals surface area (Å²) >= 11 is 3.22. The molecule has 5 heteroatoms. The Morgan fingerprint density at radius 3 is 2.76 bits per heavy atom. The Hall–Kier alpha value is -1.67. The third-order valence-corrected chi connectivity index (χ3v) is 2.44. The van der Waals surface area contributed by atoms with Gasteiger partial charge in [0.05, 0.1) is 4.92 Å². The molecule has 0 fully saturated rings. The number of ketones is 1. The van der Waals surface area contributed by atoms with Crippen LogP contribution < -0.4 is 0 Å². The molecule has 4 nitrogen and oxygen atoms in total. The zero-order valence-electron chi connectivity index (χ0n) is 9.20. The zero-order valence-corrected chi connectivity index (χ0v) is 10.8. The van der Waals surface area contributed by atoms with Gasteiger partial charge in [-0.05, 0) is 19.1 Å². The average Bonchev–Trinajstić information content (AvgIpc) is 2.29. The molecule has 0 saturated heterocycles. The van der Waals surface area contributed by atoms with Crippen LogP contribution in [-0.2, 0) is 0 Å². The van der Waals surface area contributed by atoms with Crippen molar-refractivity contribution in [3.63, 3.8) is 0 Å². The second kappa shape index (κ2) is 6.16. The first-order chi connectivity index (χ1) is 8.06. The molecule has 0 aliphatic heterocycles. The Labute approximate surface area is 107 Å². The molecular formula is C12H10BrNO3. The fraction of sp³-hybridized carbons (Fsp3) is 0.250. The number of alkyl halides is 1. The summed E-state index contributed by atoms with van der Waals surface area (Å²) in [7, 11) is 0. The summed E-state index contributed by atoms with van der Waals surface area (Å²) in [6, 6.07) is 4.32. The summed E-state index contributed by atoms with van der Waals surface area (Å²) < 4.78 is 0. The molecule has 1 aromatic rings. The number of carbonyl (C=O) groups excluding carboxylic acids is 1. The third-order valence-electron chi connectivity index (χ3n) is 2.04. The molecule has 0 amide bonds. The van der Waals surface area contributed by atoms with Crippen LogP contribution in [0.15, 0.2) is 18.2 Å². The van der Waals surface area contributed by atoms with Gasteiger partial charge in [-0.1, -0.05) is 27.8 Å². The molecule has 0 aliphatic carbocycles. The Balaban J connectivity index is 3.19. The van der Waals surface area contributed by atoms with Crippen LogP contribution in [0.5, 0.6) is 0 Å². The monoisotopic (exact) mass is 295 g/mol. The highest BCUT2D eigenvalue weighted by Crippen LogP contribution is 2.19. The van der Waals surface area contributed by atoms with Crippen LogP contribution in [-0.4, -0.2) is 16.0 Å². The predicted molar refractivity (Wildman–Crippen MR) is 68.4 cm³/mol. The van der Waals surface area contributed by atoms with Crippen LogP contribution in [0, 0.1) is 22.0 Å². The number of benzene rings is 1. The number of rotatable bonds is 3. The number of carbonyl (C=O) groups is 1. The SMILES string of the molecule is CC(=O)c1ccc(C#CCCBr)c([N+](=O)[O-])c1. The molecular weight excluding hydrogens is 286 g/mol. The van der Waals surface area contributed by atoms with Gasteiger partial charge < -0.3 is 0 Å². The molecule has 1 rings (SSSR count). The summed E-state index contributed by atoms with van der Waals surface area (Å²) in [5, 5.41) is 11.6. The van der Waals surface area contributed by atoms with Gasteiger partial charge in [0.1, 0.15) is 5.56 Å². The summed E-state index contributed by atoms with van der Waals surface area (Å²) in [5.41, 5.74) is 0.531. The van der Waals surface area contributed by atoms with E-state index in [9.17, 15) is 14.9 Å². The van der Waals surface area contributed by atoms with Crippen LogP contribution in [0.4, 0.5) is 5.69 Å². The molecule has 17 heavy (non-hydrogen) atoms. The Morgan fingerprint density at radius 2 is 2.24 bits per heavy atom. The van der Waals surface area contributed by atoms with Gasteiger partial charge in [-0.2, -0.15) is 0 Å². The van der Waals surface area contributed by atoms with E-state index in [0.29, 0.717) is 17.5 Å². The fourth-order valence-corrected chi connectivity index (χ4v) is 1.41. The maximum Gasteiger partial charge on any atom is 0.285 e. The highest BCUT2D eigenvalue weighted by Gasteiger charge is 2.14. The number of halogens is 1. The molecule has 0 radical (unpaired) electrons. The van der Waals surface area contributed by atoms with E-state index in [4.69, 9.17) is 0 Å². The predicted octanol–water partition coefficient (Wildman–Crippen LogP) is 2.93. The van der Waals surface area contributed by atoms with Crippen LogP contribution in [0.25, 0.3) is 0 Å². The van der Waals surface area contributed by atoms with Gasteiger partial charge >= 0.3 is 0 Å². The molecule has 0 aromatic heterocycles. The van der Waals surface area contributed by atoms with E-state index in [1.807, 2.05) is 0 Å². The lowest BCUT2D eigenvalue weighted by molar-refractivity contribution is -0.385. The summed E-state index contributed by atoms with van der Waals surface area (Å²) in [6.45, 7) is 1.37. The van der Waals surface area contributed by atoms with Crippen molar-refractivity contribution in [1.82, 2.24) is 0 Å². The lowest BCUT2D eigenvalue weighted by Crippen LogP contribution is -1.97. The standard InChI is InChI=1S/C12H10BrNO3/c1-9(15)11-6-5-10(4-2-3-7-13)12(8-11)14(16)17/h5-6,8H,3,7H2,1H3. The second-order valence-corrected chi connectivity index (χ2v) is 4.08. The molecule has 1 aromatic carbocycles.